The van der Waals surface area contributed by atoms with Crippen LogP contribution in [0, 0.1) is 0 Å². The van der Waals surface area contributed by atoms with Gasteiger partial charge in [0.1, 0.15) is 0 Å². The molecule has 0 aliphatic carbocycles. The summed E-state index contributed by atoms with van der Waals surface area (Å²) in [7, 11) is -3.19. The van der Waals surface area contributed by atoms with Crippen molar-refractivity contribution in [2.75, 3.05) is 6.26 Å². The highest BCUT2D eigenvalue weighted by Gasteiger charge is 2.10. The molecule has 0 radical (unpaired) electrons. The highest BCUT2D eigenvalue weighted by Crippen LogP contribution is 2.30. The van der Waals surface area contributed by atoms with Crippen LogP contribution < -0.4 is 0 Å². The molecule has 0 amide bonds. The lowest BCUT2D eigenvalue weighted by molar-refractivity contribution is 0.465. The van der Waals surface area contributed by atoms with Crippen molar-refractivity contribution in [2.45, 2.75) is 4.90 Å². The molecule has 84 valence electrons. The SMILES string of the molecule is CS(=O)(=O)c1ccc(-c2occc2O)cc1. The summed E-state index contributed by atoms with van der Waals surface area (Å²) in [6.45, 7) is 0. The van der Waals surface area contributed by atoms with E-state index in [1.54, 1.807) is 12.1 Å². The minimum Gasteiger partial charge on any atom is -0.504 e. The lowest BCUT2D eigenvalue weighted by atomic mass is 10.2. The standard InChI is InChI=1S/C11H10O4S/c1-16(13,14)9-4-2-8(3-5-9)11-10(12)6-7-15-11/h2-7,12H,1H3. The highest BCUT2D eigenvalue weighted by molar-refractivity contribution is 7.90. The summed E-state index contributed by atoms with van der Waals surface area (Å²) in [6, 6.07) is 7.57. The molecule has 0 fully saturated rings. The first-order valence-electron chi connectivity index (χ1n) is 4.55. The summed E-state index contributed by atoms with van der Waals surface area (Å²) < 4.78 is 27.5. The molecular weight excluding hydrogens is 228 g/mol. The van der Waals surface area contributed by atoms with Gasteiger partial charge in [-0.1, -0.05) is 0 Å². The summed E-state index contributed by atoms with van der Waals surface area (Å²) in [5.74, 6) is 0.368. The van der Waals surface area contributed by atoms with Crippen molar-refractivity contribution in [1.29, 1.82) is 0 Å². The zero-order valence-electron chi connectivity index (χ0n) is 8.54. The van der Waals surface area contributed by atoms with E-state index < -0.39 is 9.84 Å². The van der Waals surface area contributed by atoms with Crippen molar-refractivity contribution in [1.82, 2.24) is 0 Å². The van der Waals surface area contributed by atoms with E-state index in [-0.39, 0.29) is 10.6 Å². The Balaban J connectivity index is 2.45. The van der Waals surface area contributed by atoms with Gasteiger partial charge >= 0.3 is 0 Å². The van der Waals surface area contributed by atoms with Crippen LogP contribution in [-0.2, 0) is 9.84 Å². The number of hydrogen-bond donors (Lipinski definition) is 1. The Morgan fingerprint density at radius 2 is 1.75 bits per heavy atom. The zero-order chi connectivity index (χ0) is 11.8. The number of hydrogen-bond acceptors (Lipinski definition) is 4. The van der Waals surface area contributed by atoms with Crippen molar-refractivity contribution >= 4 is 9.84 Å². The van der Waals surface area contributed by atoms with Gasteiger partial charge < -0.3 is 9.52 Å². The monoisotopic (exact) mass is 238 g/mol. The van der Waals surface area contributed by atoms with Gasteiger partial charge in [-0.3, -0.25) is 0 Å². The third kappa shape index (κ3) is 1.94. The van der Waals surface area contributed by atoms with Crippen LogP contribution in [0.5, 0.6) is 5.75 Å². The summed E-state index contributed by atoms with van der Waals surface area (Å²) in [4.78, 5) is 0.238. The molecule has 0 atom stereocenters. The maximum Gasteiger partial charge on any atom is 0.175 e. The van der Waals surface area contributed by atoms with Gasteiger partial charge in [0.05, 0.1) is 11.2 Å². The van der Waals surface area contributed by atoms with Crippen molar-refractivity contribution in [3.8, 4) is 17.1 Å². The smallest absolute Gasteiger partial charge is 0.175 e. The first-order chi connectivity index (χ1) is 7.48. The molecule has 1 heterocycles. The third-order valence-electron chi connectivity index (χ3n) is 2.19. The number of furan rings is 1. The molecule has 0 unspecified atom stereocenters. The van der Waals surface area contributed by atoms with Gasteiger partial charge in [0.15, 0.2) is 21.3 Å². The van der Waals surface area contributed by atoms with Gasteiger partial charge in [0, 0.05) is 17.9 Å². The van der Waals surface area contributed by atoms with E-state index in [0.29, 0.717) is 11.3 Å². The summed E-state index contributed by atoms with van der Waals surface area (Å²) in [5, 5.41) is 9.42. The van der Waals surface area contributed by atoms with E-state index in [9.17, 15) is 13.5 Å². The molecule has 0 spiro atoms. The van der Waals surface area contributed by atoms with Crippen molar-refractivity contribution in [3.05, 3.63) is 36.6 Å². The van der Waals surface area contributed by atoms with Crippen LogP contribution in [0.4, 0.5) is 0 Å². The molecule has 1 aromatic heterocycles. The molecule has 0 bridgehead atoms. The Kier molecular flexibility index (Phi) is 2.47. The van der Waals surface area contributed by atoms with E-state index in [0.717, 1.165) is 6.26 Å². The topological polar surface area (TPSA) is 67.5 Å². The van der Waals surface area contributed by atoms with Gasteiger partial charge in [-0.15, -0.1) is 0 Å². The lowest BCUT2D eigenvalue weighted by Crippen LogP contribution is -1.95. The Morgan fingerprint density at radius 1 is 1.12 bits per heavy atom. The van der Waals surface area contributed by atoms with E-state index in [2.05, 4.69) is 0 Å². The average Bonchev–Trinajstić information content (AvgIpc) is 2.63. The van der Waals surface area contributed by atoms with Gasteiger partial charge in [0.2, 0.25) is 0 Å². The van der Waals surface area contributed by atoms with Crippen molar-refractivity contribution in [3.63, 3.8) is 0 Å². The molecule has 0 aliphatic heterocycles. The molecule has 0 aliphatic rings. The molecule has 0 saturated carbocycles. The van der Waals surface area contributed by atoms with Crippen LogP contribution in [0.2, 0.25) is 0 Å². The molecule has 1 N–H and O–H groups in total. The van der Waals surface area contributed by atoms with E-state index in [1.165, 1.54) is 24.5 Å². The zero-order valence-corrected chi connectivity index (χ0v) is 9.36. The van der Waals surface area contributed by atoms with Crippen LogP contribution in [0.1, 0.15) is 0 Å². The first-order valence-corrected chi connectivity index (χ1v) is 6.44. The van der Waals surface area contributed by atoms with E-state index in [4.69, 9.17) is 4.42 Å². The van der Waals surface area contributed by atoms with Crippen LogP contribution in [0.15, 0.2) is 45.9 Å². The summed E-state index contributed by atoms with van der Waals surface area (Å²) >= 11 is 0. The number of sulfone groups is 1. The fourth-order valence-corrected chi connectivity index (χ4v) is 2.00. The van der Waals surface area contributed by atoms with Gasteiger partial charge in [-0.05, 0) is 24.3 Å². The minimum atomic E-state index is -3.19. The second-order valence-corrected chi connectivity index (χ2v) is 5.45. The van der Waals surface area contributed by atoms with Crippen molar-refractivity contribution < 1.29 is 17.9 Å². The Bertz CT molecular complexity index is 593. The molecular formula is C11H10O4S. The molecule has 2 rings (SSSR count). The number of rotatable bonds is 2. The minimum absolute atomic E-state index is 0.0344. The molecule has 1 aromatic carbocycles. The largest absolute Gasteiger partial charge is 0.504 e. The van der Waals surface area contributed by atoms with Crippen LogP contribution in [-0.4, -0.2) is 19.8 Å². The predicted molar refractivity (Wildman–Crippen MR) is 58.9 cm³/mol. The molecule has 4 nitrogen and oxygen atoms in total. The van der Waals surface area contributed by atoms with Gasteiger partial charge in [-0.2, -0.15) is 0 Å². The third-order valence-corrected chi connectivity index (χ3v) is 3.32. The Morgan fingerprint density at radius 3 is 2.19 bits per heavy atom. The molecule has 16 heavy (non-hydrogen) atoms. The Hall–Kier alpha value is -1.75. The molecule has 0 saturated heterocycles. The van der Waals surface area contributed by atoms with Gasteiger partial charge in [0.25, 0.3) is 0 Å². The second kappa shape index (κ2) is 3.68. The normalized spacial score (nSPS) is 11.6. The predicted octanol–water partition coefficient (Wildman–Crippen LogP) is 2.06. The summed E-state index contributed by atoms with van der Waals surface area (Å²) in [5.41, 5.74) is 0.634. The second-order valence-electron chi connectivity index (χ2n) is 3.43. The van der Waals surface area contributed by atoms with Crippen LogP contribution in [0.3, 0.4) is 0 Å². The van der Waals surface area contributed by atoms with Crippen LogP contribution >= 0.6 is 0 Å². The van der Waals surface area contributed by atoms with E-state index in [1.807, 2.05) is 0 Å². The Labute approximate surface area is 93.1 Å². The molecule has 5 heteroatoms. The van der Waals surface area contributed by atoms with Gasteiger partial charge in [-0.25, -0.2) is 8.42 Å². The maximum absolute atomic E-state index is 11.2. The molecule has 2 aromatic rings. The van der Waals surface area contributed by atoms with E-state index >= 15 is 0 Å². The quantitative estimate of drug-likeness (QED) is 0.869. The number of aromatic hydroxyl groups is 1. The van der Waals surface area contributed by atoms with Crippen LogP contribution in [0.25, 0.3) is 11.3 Å². The fourth-order valence-electron chi connectivity index (χ4n) is 1.37. The van der Waals surface area contributed by atoms with Crippen molar-refractivity contribution in [2.24, 2.45) is 0 Å². The average molecular weight is 238 g/mol. The summed E-state index contributed by atoms with van der Waals surface area (Å²) in [6.07, 6.45) is 2.52. The maximum atomic E-state index is 11.2. The first kappa shape index (κ1) is 10.8. The highest BCUT2D eigenvalue weighted by atomic mass is 32.2. The lowest BCUT2D eigenvalue weighted by Gasteiger charge is -2.00. The fraction of sp³-hybridized carbons (Fsp3) is 0.0909. The number of benzene rings is 1.